The average molecular weight is 237 g/mol. The minimum atomic E-state index is 0.819. The van der Waals surface area contributed by atoms with Crippen molar-refractivity contribution in [2.24, 2.45) is 0 Å². The van der Waals surface area contributed by atoms with E-state index in [9.17, 15) is 5.26 Å². The molecule has 0 saturated carbocycles. The lowest BCUT2D eigenvalue weighted by Gasteiger charge is -2.18. The van der Waals surface area contributed by atoms with Crippen LogP contribution in [0.3, 0.4) is 0 Å². The van der Waals surface area contributed by atoms with E-state index in [1.165, 1.54) is 18.5 Å². The van der Waals surface area contributed by atoms with Gasteiger partial charge in [0.15, 0.2) is 0 Å². The van der Waals surface area contributed by atoms with E-state index in [4.69, 9.17) is 0 Å². The molecule has 0 fully saturated rings. The molecule has 0 radical (unpaired) electrons. The molecular formula is C15H15N3. The second kappa shape index (κ2) is 4.30. The molecule has 0 aliphatic carbocycles. The van der Waals surface area contributed by atoms with Gasteiger partial charge in [-0.1, -0.05) is 0 Å². The van der Waals surface area contributed by atoms with Crippen molar-refractivity contribution >= 4 is 0 Å². The number of pyridine rings is 1. The molecule has 0 unspecified atom stereocenters. The lowest BCUT2D eigenvalue weighted by Crippen LogP contribution is -2.11. The van der Waals surface area contributed by atoms with Crippen LogP contribution in [0.4, 0.5) is 0 Å². The Kier molecular flexibility index (Phi) is 2.64. The zero-order valence-corrected chi connectivity index (χ0v) is 10.5. The number of fused-ring (bicyclic) bond motifs is 1. The van der Waals surface area contributed by atoms with Gasteiger partial charge < -0.3 is 4.57 Å². The fourth-order valence-corrected chi connectivity index (χ4v) is 2.87. The van der Waals surface area contributed by atoms with E-state index in [1.54, 1.807) is 6.20 Å². The highest BCUT2D eigenvalue weighted by Gasteiger charge is 2.22. The normalized spacial score (nSPS) is 14.0. The molecule has 0 bridgehead atoms. The summed E-state index contributed by atoms with van der Waals surface area (Å²) in [6.07, 6.45) is 7.11. The van der Waals surface area contributed by atoms with E-state index >= 15 is 0 Å². The van der Waals surface area contributed by atoms with Crippen molar-refractivity contribution in [3.8, 4) is 17.3 Å². The summed E-state index contributed by atoms with van der Waals surface area (Å²) in [6, 6.07) is 6.33. The quantitative estimate of drug-likeness (QED) is 0.764. The highest BCUT2D eigenvalue weighted by molar-refractivity contribution is 5.70. The van der Waals surface area contributed by atoms with E-state index in [2.05, 4.69) is 22.5 Å². The van der Waals surface area contributed by atoms with Crippen molar-refractivity contribution in [3.05, 3.63) is 41.3 Å². The van der Waals surface area contributed by atoms with E-state index in [-0.39, 0.29) is 0 Å². The number of hydrogen-bond donors (Lipinski definition) is 0. The van der Waals surface area contributed by atoms with E-state index in [0.29, 0.717) is 0 Å². The molecule has 18 heavy (non-hydrogen) atoms. The van der Waals surface area contributed by atoms with Crippen molar-refractivity contribution in [2.75, 3.05) is 0 Å². The second-order valence-corrected chi connectivity index (χ2v) is 4.76. The van der Waals surface area contributed by atoms with Crippen molar-refractivity contribution in [1.82, 2.24) is 9.55 Å². The van der Waals surface area contributed by atoms with Gasteiger partial charge in [-0.2, -0.15) is 5.26 Å². The van der Waals surface area contributed by atoms with E-state index < -0.39 is 0 Å². The Labute approximate surface area is 107 Å². The minimum absolute atomic E-state index is 0.819. The molecule has 2 aromatic rings. The van der Waals surface area contributed by atoms with Gasteiger partial charge in [-0.3, -0.25) is 4.98 Å². The van der Waals surface area contributed by atoms with Gasteiger partial charge in [-0.15, -0.1) is 0 Å². The predicted octanol–water partition coefficient (Wildman–Crippen LogP) is 3.07. The first-order valence-corrected chi connectivity index (χ1v) is 6.35. The van der Waals surface area contributed by atoms with Gasteiger partial charge in [-0.25, -0.2) is 0 Å². The molecule has 0 spiro atoms. The van der Waals surface area contributed by atoms with Crippen LogP contribution in [0.15, 0.2) is 24.5 Å². The summed E-state index contributed by atoms with van der Waals surface area (Å²) in [4.78, 5) is 4.17. The summed E-state index contributed by atoms with van der Waals surface area (Å²) in [5.74, 6) is 0. The molecule has 0 N–H and O–H groups in total. The standard InChI is InChI=1S/C15H15N3/c1-11-13(9-16)15(12-5-4-7-17-10-12)18-8-3-2-6-14(11)18/h4-5,7,10H,2-3,6,8H2,1H3. The molecule has 3 heterocycles. The zero-order valence-electron chi connectivity index (χ0n) is 10.5. The largest absolute Gasteiger partial charge is 0.343 e. The van der Waals surface area contributed by atoms with Crippen LogP contribution >= 0.6 is 0 Å². The smallest absolute Gasteiger partial charge is 0.102 e. The summed E-state index contributed by atoms with van der Waals surface area (Å²) >= 11 is 0. The lowest BCUT2D eigenvalue weighted by molar-refractivity contribution is 0.535. The van der Waals surface area contributed by atoms with Gasteiger partial charge >= 0.3 is 0 Å². The van der Waals surface area contributed by atoms with Gasteiger partial charge in [-0.05, 0) is 43.9 Å². The highest BCUT2D eigenvalue weighted by Crippen LogP contribution is 2.33. The third kappa shape index (κ3) is 1.53. The third-order valence-corrected chi connectivity index (χ3v) is 3.73. The fourth-order valence-electron chi connectivity index (χ4n) is 2.87. The number of aromatic nitrogens is 2. The first kappa shape index (κ1) is 11.0. The van der Waals surface area contributed by atoms with Crippen LogP contribution in [-0.4, -0.2) is 9.55 Å². The molecule has 3 nitrogen and oxygen atoms in total. The van der Waals surface area contributed by atoms with Crippen molar-refractivity contribution < 1.29 is 0 Å². The van der Waals surface area contributed by atoms with Crippen LogP contribution in [0, 0.1) is 18.3 Å². The van der Waals surface area contributed by atoms with Crippen LogP contribution in [-0.2, 0) is 13.0 Å². The number of nitriles is 1. The maximum Gasteiger partial charge on any atom is 0.102 e. The molecule has 1 aliphatic heterocycles. The summed E-state index contributed by atoms with van der Waals surface area (Å²) in [5, 5.41) is 9.43. The third-order valence-electron chi connectivity index (χ3n) is 3.73. The predicted molar refractivity (Wildman–Crippen MR) is 70.1 cm³/mol. The first-order chi connectivity index (χ1) is 8.83. The first-order valence-electron chi connectivity index (χ1n) is 6.35. The van der Waals surface area contributed by atoms with Crippen LogP contribution in [0.1, 0.15) is 29.7 Å². The fraction of sp³-hybridized carbons (Fsp3) is 0.333. The zero-order chi connectivity index (χ0) is 12.5. The molecule has 1 aliphatic rings. The summed E-state index contributed by atoms with van der Waals surface area (Å²) in [6.45, 7) is 3.08. The van der Waals surface area contributed by atoms with Gasteiger partial charge in [0.1, 0.15) is 6.07 Å². The van der Waals surface area contributed by atoms with Crippen LogP contribution in [0.25, 0.3) is 11.3 Å². The SMILES string of the molecule is Cc1c(C#N)c(-c2cccnc2)n2c1CCCC2. The molecular weight excluding hydrogens is 222 g/mol. The maximum atomic E-state index is 9.43. The van der Waals surface area contributed by atoms with E-state index in [1.807, 2.05) is 18.3 Å². The monoisotopic (exact) mass is 237 g/mol. The molecule has 0 atom stereocenters. The Morgan fingerprint density at radius 3 is 3.00 bits per heavy atom. The van der Waals surface area contributed by atoms with Crippen molar-refractivity contribution in [2.45, 2.75) is 32.7 Å². The van der Waals surface area contributed by atoms with Gasteiger partial charge in [0.2, 0.25) is 0 Å². The molecule has 2 aromatic heterocycles. The number of hydrogen-bond acceptors (Lipinski definition) is 2. The van der Waals surface area contributed by atoms with Gasteiger partial charge in [0, 0.05) is 30.2 Å². The number of nitrogens with zero attached hydrogens (tertiary/aromatic N) is 3. The summed E-state index contributed by atoms with van der Waals surface area (Å²) in [7, 11) is 0. The Balaban J connectivity index is 2.29. The topological polar surface area (TPSA) is 41.6 Å². The summed E-state index contributed by atoms with van der Waals surface area (Å²) < 4.78 is 2.31. The van der Waals surface area contributed by atoms with Crippen LogP contribution in [0.5, 0.6) is 0 Å². The lowest BCUT2D eigenvalue weighted by atomic mass is 10.1. The molecule has 0 saturated heterocycles. The number of rotatable bonds is 1. The molecule has 3 rings (SSSR count). The summed E-state index contributed by atoms with van der Waals surface area (Å²) in [5.41, 5.74) is 5.40. The Morgan fingerprint density at radius 1 is 1.39 bits per heavy atom. The molecule has 3 heteroatoms. The van der Waals surface area contributed by atoms with E-state index in [0.717, 1.165) is 35.3 Å². The average Bonchev–Trinajstić information content (AvgIpc) is 2.73. The Bertz CT molecular complexity index is 617. The maximum absolute atomic E-state index is 9.43. The van der Waals surface area contributed by atoms with Gasteiger partial charge in [0.25, 0.3) is 0 Å². The minimum Gasteiger partial charge on any atom is -0.343 e. The molecule has 0 amide bonds. The van der Waals surface area contributed by atoms with Gasteiger partial charge in [0.05, 0.1) is 11.3 Å². The van der Waals surface area contributed by atoms with Crippen LogP contribution < -0.4 is 0 Å². The Morgan fingerprint density at radius 2 is 2.28 bits per heavy atom. The second-order valence-electron chi connectivity index (χ2n) is 4.76. The van der Waals surface area contributed by atoms with Crippen molar-refractivity contribution in [1.29, 1.82) is 5.26 Å². The highest BCUT2D eigenvalue weighted by atomic mass is 15.0. The molecule has 90 valence electrons. The Hall–Kier alpha value is -2.08. The van der Waals surface area contributed by atoms with Crippen molar-refractivity contribution in [3.63, 3.8) is 0 Å². The molecule has 0 aromatic carbocycles. The van der Waals surface area contributed by atoms with Crippen LogP contribution in [0.2, 0.25) is 0 Å².